The number of nitrogens with one attached hydrogen (secondary N) is 1. The van der Waals surface area contributed by atoms with Crippen LogP contribution in [0.1, 0.15) is 41.6 Å². The molecule has 0 heterocycles. The number of para-hydroxylation sites is 1. The monoisotopic (exact) mass is 325 g/mol. The van der Waals surface area contributed by atoms with Gasteiger partial charge in [0.2, 0.25) is 0 Å². The van der Waals surface area contributed by atoms with Crippen molar-refractivity contribution in [1.82, 2.24) is 0 Å². The van der Waals surface area contributed by atoms with E-state index in [1.807, 2.05) is 6.07 Å². The van der Waals surface area contributed by atoms with E-state index in [1.165, 1.54) is 5.56 Å². The molecule has 0 aliphatic heterocycles. The minimum atomic E-state index is -0.520. The lowest BCUT2D eigenvalue weighted by atomic mass is 10.1. The summed E-state index contributed by atoms with van der Waals surface area (Å²) in [6, 6.07) is 17.3. The summed E-state index contributed by atoms with van der Waals surface area (Å²) in [7, 11) is 0. The maximum atomic E-state index is 11.7. The highest BCUT2D eigenvalue weighted by atomic mass is 16.5. The standard InChI is InChI=1S/C20H23NO3/c22-16-18-13-7-8-14-19(18)21-20(23)24-15-9-2-1-4-10-17-11-5-3-6-12-17/h3,5-8,11-14,16H,1-2,4,9-10,15H2,(H,21,23). The molecule has 0 aromatic heterocycles. The molecule has 0 aliphatic carbocycles. The van der Waals surface area contributed by atoms with Crippen molar-refractivity contribution in [3.63, 3.8) is 0 Å². The van der Waals surface area contributed by atoms with Crippen molar-refractivity contribution < 1.29 is 14.3 Å². The lowest BCUT2D eigenvalue weighted by Crippen LogP contribution is -2.15. The summed E-state index contributed by atoms with van der Waals surface area (Å²) in [6.45, 7) is 0.389. The first kappa shape index (κ1) is 17.7. The lowest BCUT2D eigenvalue weighted by molar-refractivity contribution is 0.112. The number of hydrogen-bond acceptors (Lipinski definition) is 3. The highest BCUT2D eigenvalue weighted by molar-refractivity contribution is 5.92. The van der Waals surface area contributed by atoms with Gasteiger partial charge in [-0.1, -0.05) is 55.3 Å². The Morgan fingerprint density at radius 1 is 0.917 bits per heavy atom. The molecule has 4 nitrogen and oxygen atoms in total. The maximum Gasteiger partial charge on any atom is 0.411 e. The van der Waals surface area contributed by atoms with Crippen LogP contribution in [0.4, 0.5) is 10.5 Å². The van der Waals surface area contributed by atoms with Crippen molar-refractivity contribution in [2.45, 2.75) is 32.1 Å². The molecule has 24 heavy (non-hydrogen) atoms. The first-order chi connectivity index (χ1) is 11.8. The van der Waals surface area contributed by atoms with Gasteiger partial charge in [-0.3, -0.25) is 10.1 Å². The third-order valence-electron chi connectivity index (χ3n) is 3.76. The molecule has 2 aromatic carbocycles. The summed E-state index contributed by atoms with van der Waals surface area (Å²) in [5.74, 6) is 0. The van der Waals surface area contributed by atoms with Crippen LogP contribution in [0.3, 0.4) is 0 Å². The summed E-state index contributed by atoms with van der Waals surface area (Å²) in [5.41, 5.74) is 2.28. The molecule has 1 N–H and O–H groups in total. The summed E-state index contributed by atoms with van der Waals surface area (Å²) in [5, 5.41) is 2.59. The molecule has 0 aliphatic rings. The number of hydrogen-bond donors (Lipinski definition) is 1. The Labute approximate surface area is 142 Å². The second kappa shape index (κ2) is 10.2. The Morgan fingerprint density at radius 3 is 2.42 bits per heavy atom. The summed E-state index contributed by atoms with van der Waals surface area (Å²) >= 11 is 0. The van der Waals surface area contributed by atoms with Gasteiger partial charge in [-0.05, 0) is 37.0 Å². The van der Waals surface area contributed by atoms with E-state index in [0.29, 0.717) is 24.1 Å². The molecule has 1 amide bonds. The fourth-order valence-electron chi connectivity index (χ4n) is 2.45. The largest absolute Gasteiger partial charge is 0.449 e. The average Bonchev–Trinajstić information content (AvgIpc) is 2.62. The lowest BCUT2D eigenvalue weighted by Gasteiger charge is -2.08. The molecule has 2 aromatic rings. The zero-order valence-electron chi connectivity index (χ0n) is 13.7. The molecule has 126 valence electrons. The number of carbonyl (C=O) groups is 2. The molecule has 0 bridgehead atoms. The van der Waals surface area contributed by atoms with E-state index < -0.39 is 6.09 Å². The van der Waals surface area contributed by atoms with Crippen LogP contribution in [0, 0.1) is 0 Å². The topological polar surface area (TPSA) is 55.4 Å². The SMILES string of the molecule is O=Cc1ccccc1NC(=O)OCCCCCCc1ccccc1. The molecule has 0 saturated carbocycles. The van der Waals surface area contributed by atoms with Gasteiger partial charge < -0.3 is 4.74 Å². The summed E-state index contributed by atoms with van der Waals surface area (Å²) < 4.78 is 5.14. The van der Waals surface area contributed by atoms with E-state index in [1.54, 1.807) is 24.3 Å². The van der Waals surface area contributed by atoms with Crippen molar-refractivity contribution in [2.75, 3.05) is 11.9 Å². The van der Waals surface area contributed by atoms with Crippen LogP contribution < -0.4 is 5.32 Å². The second-order valence-electron chi connectivity index (χ2n) is 5.62. The fourth-order valence-corrected chi connectivity index (χ4v) is 2.45. The smallest absolute Gasteiger partial charge is 0.411 e. The molecule has 2 rings (SSSR count). The first-order valence-corrected chi connectivity index (χ1v) is 8.31. The number of carbonyl (C=O) groups excluding carboxylic acids is 2. The van der Waals surface area contributed by atoms with Crippen molar-refractivity contribution in [1.29, 1.82) is 0 Å². The Balaban J connectivity index is 1.55. The average molecular weight is 325 g/mol. The minimum absolute atomic E-state index is 0.389. The number of benzene rings is 2. The Hall–Kier alpha value is -2.62. The molecule has 0 unspecified atom stereocenters. The van der Waals surface area contributed by atoms with Crippen molar-refractivity contribution in [2.24, 2.45) is 0 Å². The number of aldehydes is 1. The van der Waals surface area contributed by atoms with Crippen LogP contribution in [0.25, 0.3) is 0 Å². The van der Waals surface area contributed by atoms with Gasteiger partial charge in [-0.2, -0.15) is 0 Å². The third kappa shape index (κ3) is 6.24. The maximum absolute atomic E-state index is 11.7. The normalized spacial score (nSPS) is 10.2. The van der Waals surface area contributed by atoms with Crippen molar-refractivity contribution in [3.05, 3.63) is 65.7 Å². The number of anilines is 1. The molecular formula is C20H23NO3. The number of ether oxygens (including phenoxy) is 1. The van der Waals surface area contributed by atoms with Crippen LogP contribution in [-0.2, 0) is 11.2 Å². The number of rotatable bonds is 9. The molecule has 4 heteroatoms. The van der Waals surface area contributed by atoms with E-state index >= 15 is 0 Å². The van der Waals surface area contributed by atoms with Crippen LogP contribution in [0.5, 0.6) is 0 Å². The van der Waals surface area contributed by atoms with Crippen molar-refractivity contribution in [3.8, 4) is 0 Å². The van der Waals surface area contributed by atoms with Gasteiger partial charge in [-0.25, -0.2) is 4.79 Å². The van der Waals surface area contributed by atoms with Crippen molar-refractivity contribution >= 4 is 18.1 Å². The molecule has 0 fully saturated rings. The summed E-state index contributed by atoms with van der Waals surface area (Å²) in [6.07, 6.45) is 5.42. The van der Waals surface area contributed by atoms with Crippen LogP contribution >= 0.6 is 0 Å². The van der Waals surface area contributed by atoms with Gasteiger partial charge in [0.05, 0.1) is 12.3 Å². The zero-order chi connectivity index (χ0) is 17.0. The number of unbranched alkanes of at least 4 members (excludes halogenated alkanes) is 3. The predicted molar refractivity (Wildman–Crippen MR) is 95.4 cm³/mol. The summed E-state index contributed by atoms with van der Waals surface area (Å²) in [4.78, 5) is 22.6. The quantitative estimate of drug-likeness (QED) is 0.529. The first-order valence-electron chi connectivity index (χ1n) is 8.31. The number of aryl methyl sites for hydroxylation is 1. The highest BCUT2D eigenvalue weighted by Crippen LogP contribution is 2.13. The van der Waals surface area contributed by atoms with E-state index in [2.05, 4.69) is 29.6 Å². The van der Waals surface area contributed by atoms with Crippen LogP contribution in [-0.4, -0.2) is 19.0 Å². The van der Waals surface area contributed by atoms with Gasteiger partial charge in [0, 0.05) is 5.56 Å². The third-order valence-corrected chi connectivity index (χ3v) is 3.76. The minimum Gasteiger partial charge on any atom is -0.449 e. The van der Waals surface area contributed by atoms with Crippen LogP contribution in [0.2, 0.25) is 0 Å². The second-order valence-corrected chi connectivity index (χ2v) is 5.62. The van der Waals surface area contributed by atoms with E-state index in [0.717, 1.165) is 32.1 Å². The van der Waals surface area contributed by atoms with Gasteiger partial charge in [0.25, 0.3) is 0 Å². The molecular weight excluding hydrogens is 302 g/mol. The Kier molecular flexibility index (Phi) is 7.54. The van der Waals surface area contributed by atoms with E-state index in [4.69, 9.17) is 4.74 Å². The molecule has 0 radical (unpaired) electrons. The molecule has 0 saturated heterocycles. The fraction of sp³-hybridized carbons (Fsp3) is 0.300. The molecule has 0 spiro atoms. The van der Waals surface area contributed by atoms with Gasteiger partial charge in [0.1, 0.15) is 0 Å². The molecule has 0 atom stereocenters. The Morgan fingerprint density at radius 2 is 1.62 bits per heavy atom. The zero-order valence-corrected chi connectivity index (χ0v) is 13.7. The predicted octanol–water partition coefficient (Wildman–Crippen LogP) is 4.85. The Bertz CT molecular complexity index is 640. The van der Waals surface area contributed by atoms with E-state index in [9.17, 15) is 9.59 Å². The van der Waals surface area contributed by atoms with E-state index in [-0.39, 0.29) is 0 Å². The number of amides is 1. The van der Waals surface area contributed by atoms with Gasteiger partial charge in [-0.15, -0.1) is 0 Å². The highest BCUT2D eigenvalue weighted by Gasteiger charge is 2.06. The van der Waals surface area contributed by atoms with Crippen LogP contribution in [0.15, 0.2) is 54.6 Å². The van der Waals surface area contributed by atoms with Gasteiger partial charge in [0.15, 0.2) is 6.29 Å². The van der Waals surface area contributed by atoms with Gasteiger partial charge >= 0.3 is 6.09 Å².